The maximum atomic E-state index is 11.5. The lowest BCUT2D eigenvalue weighted by atomic mass is 10.2. The highest BCUT2D eigenvalue weighted by molar-refractivity contribution is 8.15. The molecule has 0 saturated heterocycles. The van der Waals surface area contributed by atoms with Crippen LogP contribution < -0.4 is 4.74 Å². The monoisotopic (exact) mass is 377 g/mol. The molecule has 5 nitrogen and oxygen atoms in total. The maximum Gasteiger partial charge on any atom is 0.155 e. The molecule has 2 unspecified atom stereocenters. The van der Waals surface area contributed by atoms with Crippen LogP contribution in [0.25, 0.3) is 10.2 Å². The Labute approximate surface area is 156 Å². The third kappa shape index (κ3) is 4.59. The zero-order chi connectivity index (χ0) is 18.0. The number of ketones is 1. The van der Waals surface area contributed by atoms with Crippen LogP contribution in [0.15, 0.2) is 23.2 Å². The van der Waals surface area contributed by atoms with Gasteiger partial charge in [-0.25, -0.2) is 4.98 Å². The van der Waals surface area contributed by atoms with Gasteiger partial charge >= 0.3 is 0 Å². The van der Waals surface area contributed by atoms with Gasteiger partial charge in [0.15, 0.2) is 5.78 Å². The molecule has 0 spiro atoms. The second-order valence-corrected chi connectivity index (χ2v) is 8.58. The van der Waals surface area contributed by atoms with Crippen LogP contribution in [-0.4, -0.2) is 59.2 Å². The lowest BCUT2D eigenvalue weighted by Gasteiger charge is -2.17. The summed E-state index contributed by atoms with van der Waals surface area (Å²) in [4.78, 5) is 22.8. The second-order valence-electron chi connectivity index (χ2n) is 6.54. The molecule has 1 aliphatic rings. The number of thioether (sulfide) groups is 1. The quantitative estimate of drug-likeness (QED) is 0.739. The van der Waals surface area contributed by atoms with Crippen molar-refractivity contribution in [1.29, 1.82) is 0 Å². The summed E-state index contributed by atoms with van der Waals surface area (Å²) >= 11 is 3.22. The first-order valence-corrected chi connectivity index (χ1v) is 10.2. The smallest absolute Gasteiger partial charge is 0.155 e. The molecular formula is C18H23N3O2S2. The van der Waals surface area contributed by atoms with Gasteiger partial charge in [-0.1, -0.05) is 0 Å². The molecule has 3 rings (SSSR count). The Morgan fingerprint density at radius 1 is 1.44 bits per heavy atom. The zero-order valence-corrected chi connectivity index (χ0v) is 16.6. The SMILES string of the molecule is CC(=O)C1CSC(c2nc3ccc(OC(C)CCN(C)C)cc3s2)=N1. The number of aromatic nitrogens is 1. The van der Waals surface area contributed by atoms with E-state index in [-0.39, 0.29) is 17.9 Å². The minimum Gasteiger partial charge on any atom is -0.491 e. The van der Waals surface area contributed by atoms with Crippen molar-refractivity contribution >= 4 is 44.1 Å². The summed E-state index contributed by atoms with van der Waals surface area (Å²) in [6.45, 7) is 4.69. The zero-order valence-electron chi connectivity index (χ0n) is 15.0. The molecule has 1 aromatic heterocycles. The van der Waals surface area contributed by atoms with E-state index in [1.807, 2.05) is 18.2 Å². The first kappa shape index (κ1) is 18.4. The second kappa shape index (κ2) is 7.85. The van der Waals surface area contributed by atoms with Crippen LogP contribution >= 0.6 is 23.1 Å². The topological polar surface area (TPSA) is 54.8 Å². The molecule has 0 N–H and O–H groups in total. The highest BCUT2D eigenvalue weighted by Crippen LogP contribution is 2.32. The molecule has 7 heteroatoms. The van der Waals surface area contributed by atoms with Gasteiger partial charge in [-0.05, 0) is 52.6 Å². The summed E-state index contributed by atoms with van der Waals surface area (Å²) in [7, 11) is 4.14. The molecule has 1 aromatic carbocycles. The Morgan fingerprint density at radius 2 is 2.24 bits per heavy atom. The molecule has 2 aromatic rings. The standard InChI is InChI=1S/C18H23N3O2S2/c1-11(7-8-21(3)4)23-13-5-6-14-16(9-13)25-18(19-14)17-20-15(10-24-17)12(2)22/h5-6,9,11,15H,7-8,10H2,1-4H3. The van der Waals surface area contributed by atoms with E-state index in [2.05, 4.69) is 35.9 Å². The third-order valence-corrected chi connectivity index (χ3v) is 6.19. The molecule has 0 aliphatic carbocycles. The first-order valence-electron chi connectivity index (χ1n) is 8.36. The fourth-order valence-corrected chi connectivity index (χ4v) is 4.68. The number of carbonyl (C=O) groups excluding carboxylic acids is 1. The van der Waals surface area contributed by atoms with E-state index in [4.69, 9.17) is 4.74 Å². The highest BCUT2D eigenvalue weighted by Gasteiger charge is 2.24. The normalized spacial score (nSPS) is 18.6. The van der Waals surface area contributed by atoms with Crippen molar-refractivity contribution < 1.29 is 9.53 Å². The van der Waals surface area contributed by atoms with E-state index < -0.39 is 0 Å². The van der Waals surface area contributed by atoms with E-state index in [0.29, 0.717) is 0 Å². The van der Waals surface area contributed by atoms with Crippen LogP contribution in [0.4, 0.5) is 0 Å². The molecule has 0 saturated carbocycles. The van der Waals surface area contributed by atoms with E-state index in [0.717, 1.165) is 44.7 Å². The number of hydrogen-bond donors (Lipinski definition) is 0. The van der Waals surface area contributed by atoms with E-state index in [1.165, 1.54) is 0 Å². The Morgan fingerprint density at radius 3 is 2.92 bits per heavy atom. The number of fused-ring (bicyclic) bond motifs is 1. The maximum absolute atomic E-state index is 11.5. The van der Waals surface area contributed by atoms with Gasteiger partial charge in [-0.15, -0.1) is 23.1 Å². The minimum absolute atomic E-state index is 0.117. The lowest BCUT2D eigenvalue weighted by molar-refractivity contribution is -0.117. The number of aliphatic imine (C=N–C) groups is 1. The van der Waals surface area contributed by atoms with Gasteiger partial charge in [0.25, 0.3) is 0 Å². The number of thiazole rings is 1. The average Bonchev–Trinajstić information content (AvgIpc) is 3.19. The Bertz CT molecular complexity index is 801. The molecule has 0 bridgehead atoms. The fourth-order valence-electron chi connectivity index (χ4n) is 2.50. The van der Waals surface area contributed by atoms with E-state index in [9.17, 15) is 4.79 Å². The molecular weight excluding hydrogens is 354 g/mol. The number of carbonyl (C=O) groups is 1. The molecule has 134 valence electrons. The summed E-state index contributed by atoms with van der Waals surface area (Å²) in [5.74, 6) is 1.71. The van der Waals surface area contributed by atoms with Crippen LogP contribution in [0.3, 0.4) is 0 Å². The van der Waals surface area contributed by atoms with E-state index in [1.54, 1.807) is 30.0 Å². The van der Waals surface area contributed by atoms with Crippen molar-refractivity contribution in [3.8, 4) is 5.75 Å². The number of Topliss-reactive ketones (excluding diaryl/α,β-unsaturated/α-hetero) is 1. The molecule has 2 heterocycles. The Kier molecular flexibility index (Phi) is 5.76. The number of rotatable bonds is 7. The summed E-state index contributed by atoms with van der Waals surface area (Å²) in [6, 6.07) is 5.79. The van der Waals surface area contributed by atoms with Crippen molar-refractivity contribution in [2.45, 2.75) is 32.4 Å². The Balaban J connectivity index is 1.74. The average molecular weight is 378 g/mol. The van der Waals surface area contributed by atoms with Crippen molar-refractivity contribution in [2.24, 2.45) is 4.99 Å². The lowest BCUT2D eigenvalue weighted by Crippen LogP contribution is -2.21. The molecule has 25 heavy (non-hydrogen) atoms. The highest BCUT2D eigenvalue weighted by atomic mass is 32.2. The van der Waals surface area contributed by atoms with Gasteiger partial charge in [-0.2, -0.15) is 0 Å². The number of hydrogen-bond acceptors (Lipinski definition) is 7. The van der Waals surface area contributed by atoms with Crippen LogP contribution in [-0.2, 0) is 4.79 Å². The molecule has 2 atom stereocenters. The molecule has 0 amide bonds. The van der Waals surface area contributed by atoms with Gasteiger partial charge < -0.3 is 9.64 Å². The molecule has 1 aliphatic heterocycles. The fraction of sp³-hybridized carbons (Fsp3) is 0.500. The van der Waals surface area contributed by atoms with Crippen LogP contribution in [0.5, 0.6) is 5.75 Å². The summed E-state index contributed by atoms with van der Waals surface area (Å²) in [6.07, 6.45) is 1.15. The van der Waals surface area contributed by atoms with Gasteiger partial charge in [-0.3, -0.25) is 9.79 Å². The van der Waals surface area contributed by atoms with Crippen LogP contribution in [0.2, 0.25) is 0 Å². The van der Waals surface area contributed by atoms with E-state index >= 15 is 0 Å². The predicted molar refractivity (Wildman–Crippen MR) is 106 cm³/mol. The third-order valence-electron chi connectivity index (χ3n) is 3.98. The summed E-state index contributed by atoms with van der Waals surface area (Å²) < 4.78 is 7.11. The minimum atomic E-state index is -0.219. The largest absolute Gasteiger partial charge is 0.491 e. The Hall–Kier alpha value is -1.44. The van der Waals surface area contributed by atoms with Crippen LogP contribution in [0, 0.1) is 0 Å². The van der Waals surface area contributed by atoms with Gasteiger partial charge in [0.2, 0.25) is 0 Å². The number of benzene rings is 1. The van der Waals surface area contributed by atoms with Crippen molar-refractivity contribution in [1.82, 2.24) is 9.88 Å². The number of nitrogens with zero attached hydrogens (tertiary/aromatic N) is 3. The number of ether oxygens (including phenoxy) is 1. The van der Waals surface area contributed by atoms with Gasteiger partial charge in [0, 0.05) is 12.3 Å². The van der Waals surface area contributed by atoms with Crippen molar-refractivity contribution in [3.05, 3.63) is 23.2 Å². The summed E-state index contributed by atoms with van der Waals surface area (Å²) in [5.41, 5.74) is 0.947. The van der Waals surface area contributed by atoms with Crippen LogP contribution in [0.1, 0.15) is 25.3 Å². The van der Waals surface area contributed by atoms with Crippen molar-refractivity contribution in [3.63, 3.8) is 0 Å². The molecule has 0 fully saturated rings. The summed E-state index contributed by atoms with van der Waals surface area (Å²) in [5, 5.41) is 1.77. The van der Waals surface area contributed by atoms with Gasteiger partial charge in [0.05, 0.1) is 16.3 Å². The predicted octanol–water partition coefficient (Wildman–Crippen LogP) is 3.47. The van der Waals surface area contributed by atoms with Crippen molar-refractivity contribution in [2.75, 3.05) is 26.4 Å². The van der Waals surface area contributed by atoms with Gasteiger partial charge in [0.1, 0.15) is 21.8 Å². The molecule has 0 radical (unpaired) electrons. The first-order chi connectivity index (χ1) is 11.9.